The molecule has 3 rings (SSSR count). The molecule has 1 aliphatic rings. The molecule has 1 atom stereocenters. The van der Waals surface area contributed by atoms with Crippen LogP contribution >= 0.6 is 12.2 Å². The standard InChI is InChI=1S/C20H18FN3O4S/c1-28-18(26)12-23-16(11-17(25)22-14-9-7-13(21)8-10-14)19(27)24(20(23)29)15-5-3-2-4-6-15/h2-10,16H,11-12H2,1H3,(H,22,25)/t16-/m0/s1. The van der Waals surface area contributed by atoms with Gasteiger partial charge in [-0.05, 0) is 48.6 Å². The predicted molar refractivity (Wildman–Crippen MR) is 109 cm³/mol. The zero-order valence-corrected chi connectivity index (χ0v) is 16.3. The highest BCUT2D eigenvalue weighted by Gasteiger charge is 2.45. The molecule has 0 spiro atoms. The largest absolute Gasteiger partial charge is 0.468 e. The van der Waals surface area contributed by atoms with E-state index in [0.29, 0.717) is 11.4 Å². The fraction of sp³-hybridized carbons (Fsp3) is 0.200. The molecule has 1 fully saturated rings. The summed E-state index contributed by atoms with van der Waals surface area (Å²) in [5.74, 6) is -1.90. The van der Waals surface area contributed by atoms with Gasteiger partial charge in [-0.1, -0.05) is 18.2 Å². The summed E-state index contributed by atoms with van der Waals surface area (Å²) in [5.41, 5.74) is 0.933. The van der Waals surface area contributed by atoms with Crippen molar-refractivity contribution in [1.29, 1.82) is 0 Å². The summed E-state index contributed by atoms with van der Waals surface area (Å²) in [6, 6.07) is 13.0. The monoisotopic (exact) mass is 415 g/mol. The molecule has 2 amide bonds. The number of halogens is 1. The Morgan fingerprint density at radius 2 is 1.79 bits per heavy atom. The molecule has 0 unspecified atom stereocenters. The molecule has 9 heteroatoms. The third-order valence-electron chi connectivity index (χ3n) is 4.37. The van der Waals surface area contributed by atoms with Crippen LogP contribution in [-0.4, -0.2) is 47.5 Å². The number of nitrogens with one attached hydrogen (secondary N) is 1. The van der Waals surface area contributed by atoms with Crippen LogP contribution in [-0.2, 0) is 19.1 Å². The Hall–Kier alpha value is -3.33. The van der Waals surface area contributed by atoms with Crippen LogP contribution in [0.25, 0.3) is 0 Å². The van der Waals surface area contributed by atoms with Gasteiger partial charge >= 0.3 is 5.97 Å². The van der Waals surface area contributed by atoms with Crippen molar-refractivity contribution in [2.45, 2.75) is 12.5 Å². The first-order valence-corrected chi connectivity index (χ1v) is 9.13. The summed E-state index contributed by atoms with van der Waals surface area (Å²) < 4.78 is 17.7. The number of hydrogen-bond acceptors (Lipinski definition) is 5. The maximum atomic E-state index is 13.0. The van der Waals surface area contributed by atoms with Gasteiger partial charge in [0.05, 0.1) is 19.2 Å². The summed E-state index contributed by atoms with van der Waals surface area (Å²) in [5, 5.41) is 2.73. The van der Waals surface area contributed by atoms with E-state index in [1.54, 1.807) is 30.3 Å². The van der Waals surface area contributed by atoms with E-state index in [1.165, 1.54) is 41.2 Å². The van der Waals surface area contributed by atoms with Gasteiger partial charge < -0.3 is 15.0 Å². The lowest BCUT2D eigenvalue weighted by molar-refractivity contribution is -0.141. The van der Waals surface area contributed by atoms with Gasteiger partial charge in [0.15, 0.2) is 5.11 Å². The molecule has 0 saturated carbocycles. The van der Waals surface area contributed by atoms with Crippen LogP contribution in [0.1, 0.15) is 6.42 Å². The average Bonchev–Trinajstić information content (AvgIpc) is 2.94. The van der Waals surface area contributed by atoms with Crippen molar-refractivity contribution < 1.29 is 23.5 Å². The number of methoxy groups -OCH3 is 1. The maximum Gasteiger partial charge on any atom is 0.325 e. The van der Waals surface area contributed by atoms with E-state index >= 15 is 0 Å². The second-order valence-corrected chi connectivity index (χ2v) is 6.64. The number of nitrogens with zero attached hydrogens (tertiary/aromatic N) is 2. The lowest BCUT2D eigenvalue weighted by Crippen LogP contribution is -2.41. The van der Waals surface area contributed by atoms with Crippen molar-refractivity contribution in [1.82, 2.24) is 4.90 Å². The van der Waals surface area contributed by atoms with Crippen LogP contribution in [0.15, 0.2) is 54.6 Å². The first-order valence-electron chi connectivity index (χ1n) is 8.72. The number of thiocarbonyl (C=S) groups is 1. The van der Waals surface area contributed by atoms with Gasteiger partial charge in [0.25, 0.3) is 5.91 Å². The number of hydrogen-bond donors (Lipinski definition) is 1. The van der Waals surface area contributed by atoms with Crippen LogP contribution < -0.4 is 10.2 Å². The molecule has 1 N–H and O–H groups in total. The zero-order chi connectivity index (χ0) is 21.0. The van der Waals surface area contributed by atoms with Gasteiger partial charge in [0.2, 0.25) is 5.91 Å². The van der Waals surface area contributed by atoms with Crippen LogP contribution in [0, 0.1) is 5.82 Å². The summed E-state index contributed by atoms with van der Waals surface area (Å²) in [6.07, 6.45) is -0.239. The number of ether oxygens (including phenoxy) is 1. The fourth-order valence-corrected chi connectivity index (χ4v) is 3.34. The second-order valence-electron chi connectivity index (χ2n) is 6.27. The van der Waals surface area contributed by atoms with E-state index in [0.717, 1.165) is 0 Å². The Bertz CT molecular complexity index is 937. The lowest BCUT2D eigenvalue weighted by Gasteiger charge is -2.22. The van der Waals surface area contributed by atoms with Gasteiger partial charge in [-0.25, -0.2) is 4.39 Å². The quantitative estimate of drug-likeness (QED) is 0.576. The Morgan fingerprint density at radius 3 is 2.41 bits per heavy atom. The van der Waals surface area contributed by atoms with Crippen molar-refractivity contribution in [3.05, 3.63) is 60.4 Å². The minimum absolute atomic E-state index is 0.117. The molecular formula is C20H18FN3O4S. The molecule has 29 heavy (non-hydrogen) atoms. The Kier molecular flexibility index (Phi) is 6.18. The summed E-state index contributed by atoms with van der Waals surface area (Å²) in [7, 11) is 1.23. The van der Waals surface area contributed by atoms with E-state index in [1.807, 2.05) is 0 Å². The number of anilines is 2. The summed E-state index contributed by atoms with van der Waals surface area (Å²) in [6.45, 7) is -0.265. The maximum absolute atomic E-state index is 13.0. The van der Waals surface area contributed by atoms with Gasteiger partial charge in [0, 0.05) is 5.69 Å². The molecule has 1 saturated heterocycles. The summed E-state index contributed by atoms with van der Waals surface area (Å²) in [4.78, 5) is 40.0. The van der Waals surface area contributed by atoms with E-state index in [9.17, 15) is 18.8 Å². The Labute approximate surface area is 172 Å². The number of carbonyl (C=O) groups excluding carboxylic acids is 3. The molecule has 0 aromatic heterocycles. The van der Waals surface area contributed by atoms with Crippen LogP contribution in [0.2, 0.25) is 0 Å². The van der Waals surface area contributed by atoms with Crippen molar-refractivity contribution >= 4 is 46.5 Å². The number of rotatable bonds is 6. The van der Waals surface area contributed by atoms with Crippen LogP contribution in [0.4, 0.5) is 15.8 Å². The van der Waals surface area contributed by atoms with Crippen molar-refractivity contribution in [2.75, 3.05) is 23.9 Å². The normalized spacial score (nSPS) is 16.1. The first-order chi connectivity index (χ1) is 13.9. The van der Waals surface area contributed by atoms with E-state index in [4.69, 9.17) is 17.0 Å². The minimum Gasteiger partial charge on any atom is -0.468 e. The molecule has 0 bridgehead atoms. The molecule has 2 aromatic carbocycles. The number of amides is 2. The molecule has 2 aromatic rings. The lowest BCUT2D eigenvalue weighted by atomic mass is 10.1. The molecule has 0 aliphatic carbocycles. The Morgan fingerprint density at radius 1 is 1.14 bits per heavy atom. The number of carbonyl (C=O) groups is 3. The number of para-hydroxylation sites is 1. The summed E-state index contributed by atoms with van der Waals surface area (Å²) >= 11 is 5.41. The molecule has 0 radical (unpaired) electrons. The van der Waals surface area contributed by atoms with Crippen molar-refractivity contribution in [3.8, 4) is 0 Å². The van der Waals surface area contributed by atoms with Crippen molar-refractivity contribution in [3.63, 3.8) is 0 Å². The zero-order valence-electron chi connectivity index (χ0n) is 15.5. The highest BCUT2D eigenvalue weighted by atomic mass is 32.1. The SMILES string of the molecule is COC(=O)CN1C(=S)N(c2ccccc2)C(=O)[C@@H]1CC(=O)Nc1ccc(F)cc1. The average molecular weight is 415 g/mol. The fourth-order valence-electron chi connectivity index (χ4n) is 2.95. The minimum atomic E-state index is -0.970. The second kappa shape index (κ2) is 8.78. The molecule has 1 aliphatic heterocycles. The molecule has 1 heterocycles. The van der Waals surface area contributed by atoms with Gasteiger partial charge in [-0.2, -0.15) is 0 Å². The van der Waals surface area contributed by atoms with Crippen LogP contribution in [0.5, 0.6) is 0 Å². The van der Waals surface area contributed by atoms with Gasteiger partial charge in [-0.3, -0.25) is 19.3 Å². The smallest absolute Gasteiger partial charge is 0.325 e. The molecule has 150 valence electrons. The van der Waals surface area contributed by atoms with E-state index < -0.39 is 29.6 Å². The topological polar surface area (TPSA) is 79.0 Å². The van der Waals surface area contributed by atoms with E-state index in [-0.39, 0.29) is 18.1 Å². The van der Waals surface area contributed by atoms with Crippen LogP contribution in [0.3, 0.4) is 0 Å². The third kappa shape index (κ3) is 4.57. The third-order valence-corrected chi connectivity index (χ3v) is 4.78. The Balaban J connectivity index is 1.81. The molecular weight excluding hydrogens is 397 g/mol. The number of benzene rings is 2. The highest BCUT2D eigenvalue weighted by molar-refractivity contribution is 7.80. The van der Waals surface area contributed by atoms with Gasteiger partial charge in [0.1, 0.15) is 18.4 Å². The van der Waals surface area contributed by atoms with Crippen molar-refractivity contribution in [2.24, 2.45) is 0 Å². The predicted octanol–water partition coefficient (Wildman–Crippen LogP) is 2.33. The van der Waals surface area contributed by atoms with E-state index in [2.05, 4.69) is 5.32 Å². The molecule has 7 nitrogen and oxygen atoms in total. The highest BCUT2D eigenvalue weighted by Crippen LogP contribution is 2.27. The number of esters is 1. The first kappa shape index (κ1) is 20.4. The van der Waals surface area contributed by atoms with Gasteiger partial charge in [-0.15, -0.1) is 0 Å².